The molecule has 1 aromatic rings. The molecule has 0 N–H and O–H groups in total. The smallest absolute Gasteiger partial charge is 0.215 e. The molecule has 68 valence electrons. The topological polar surface area (TPSA) is 12.9 Å². The lowest BCUT2D eigenvalue weighted by molar-refractivity contribution is 0.572. The quantitative estimate of drug-likeness (QED) is 0.639. The number of aromatic nitrogens is 1. The van der Waals surface area contributed by atoms with Gasteiger partial charge in [-0.15, -0.1) is 11.8 Å². The predicted molar refractivity (Wildman–Crippen MR) is 53.3 cm³/mol. The first-order valence-corrected chi connectivity index (χ1v) is 5.22. The van der Waals surface area contributed by atoms with Crippen LogP contribution in [0.15, 0.2) is 23.7 Å². The molecule has 2 heterocycles. The van der Waals surface area contributed by atoms with Crippen LogP contribution in [0.25, 0.3) is 0 Å². The third-order valence-electron chi connectivity index (χ3n) is 2.15. The minimum absolute atomic E-state index is 0.363. The summed E-state index contributed by atoms with van der Waals surface area (Å²) in [7, 11) is 0. The van der Waals surface area contributed by atoms with E-state index in [-0.39, 0.29) is 5.95 Å². The van der Waals surface area contributed by atoms with Gasteiger partial charge in [0.1, 0.15) is 0 Å². The van der Waals surface area contributed by atoms with E-state index in [4.69, 9.17) is 0 Å². The minimum Gasteiger partial charge on any atom is -0.228 e. The van der Waals surface area contributed by atoms with Crippen molar-refractivity contribution in [3.63, 3.8) is 0 Å². The molecule has 0 aromatic carbocycles. The maximum Gasteiger partial charge on any atom is 0.215 e. The fourth-order valence-corrected chi connectivity index (χ4v) is 2.28. The van der Waals surface area contributed by atoms with Gasteiger partial charge < -0.3 is 0 Å². The van der Waals surface area contributed by atoms with E-state index in [1.54, 1.807) is 24.9 Å². The Labute approximate surface area is 81.1 Å². The molecule has 0 bridgehead atoms. The van der Waals surface area contributed by atoms with E-state index in [9.17, 15) is 4.39 Å². The number of thioether (sulfide) groups is 1. The summed E-state index contributed by atoms with van der Waals surface area (Å²) in [5, 5.41) is 2.09. The first kappa shape index (κ1) is 8.75. The minimum atomic E-state index is -0.363. The Hall–Kier alpha value is -0.830. The lowest BCUT2D eigenvalue weighted by atomic mass is 10.0. The van der Waals surface area contributed by atoms with Crippen molar-refractivity contribution in [2.75, 3.05) is 5.75 Å². The molecule has 0 saturated heterocycles. The van der Waals surface area contributed by atoms with Crippen molar-refractivity contribution in [2.24, 2.45) is 0 Å². The van der Waals surface area contributed by atoms with Gasteiger partial charge in [0.05, 0.1) is 0 Å². The number of hydrogen-bond acceptors (Lipinski definition) is 2. The van der Waals surface area contributed by atoms with Crippen LogP contribution < -0.4 is 0 Å². The van der Waals surface area contributed by atoms with Gasteiger partial charge >= 0.3 is 0 Å². The van der Waals surface area contributed by atoms with Gasteiger partial charge in [0.2, 0.25) is 5.95 Å². The second kappa shape index (κ2) is 3.50. The highest BCUT2D eigenvalue weighted by atomic mass is 32.2. The van der Waals surface area contributed by atoms with Gasteiger partial charge in [-0.3, -0.25) is 0 Å². The average Bonchev–Trinajstić information content (AvgIpc) is 2.62. The zero-order valence-corrected chi connectivity index (χ0v) is 8.14. The van der Waals surface area contributed by atoms with E-state index < -0.39 is 0 Å². The zero-order chi connectivity index (χ0) is 9.26. The van der Waals surface area contributed by atoms with Crippen LogP contribution in [0.2, 0.25) is 0 Å². The standard InChI is InChI=1S/C10H10FNS/c1-7-4-9(5-12-10(7)11)8-2-3-13-6-8/h2-5,8H,6H2,1H3. The summed E-state index contributed by atoms with van der Waals surface area (Å²) in [5.74, 6) is 1.10. The van der Waals surface area contributed by atoms with Crippen LogP contribution in [0.4, 0.5) is 4.39 Å². The number of halogens is 1. The van der Waals surface area contributed by atoms with E-state index in [2.05, 4.69) is 16.5 Å². The Kier molecular flexibility index (Phi) is 2.36. The normalized spacial score (nSPS) is 20.9. The molecule has 0 fully saturated rings. The second-order valence-corrected chi connectivity index (χ2v) is 4.08. The van der Waals surface area contributed by atoms with E-state index in [1.165, 1.54) is 0 Å². The first-order valence-electron chi connectivity index (χ1n) is 4.17. The second-order valence-electron chi connectivity index (χ2n) is 3.14. The third kappa shape index (κ3) is 1.75. The lowest BCUT2D eigenvalue weighted by Crippen LogP contribution is -1.98. The first-order chi connectivity index (χ1) is 6.27. The Morgan fingerprint density at radius 1 is 1.62 bits per heavy atom. The Morgan fingerprint density at radius 2 is 2.46 bits per heavy atom. The molecule has 1 unspecified atom stereocenters. The van der Waals surface area contributed by atoms with E-state index >= 15 is 0 Å². The largest absolute Gasteiger partial charge is 0.228 e. The number of nitrogens with zero attached hydrogens (tertiary/aromatic N) is 1. The summed E-state index contributed by atoms with van der Waals surface area (Å²) in [6.45, 7) is 1.75. The average molecular weight is 195 g/mol. The molecule has 1 aliphatic rings. The number of allylic oxidation sites excluding steroid dienone is 1. The van der Waals surface area contributed by atoms with Crippen LogP contribution in [-0.4, -0.2) is 10.7 Å². The van der Waals surface area contributed by atoms with E-state index in [1.807, 2.05) is 6.07 Å². The van der Waals surface area contributed by atoms with Gasteiger partial charge in [0.25, 0.3) is 0 Å². The summed E-state index contributed by atoms with van der Waals surface area (Å²) in [5.41, 5.74) is 1.74. The molecular weight excluding hydrogens is 185 g/mol. The van der Waals surface area contributed by atoms with Crippen LogP contribution in [0, 0.1) is 12.9 Å². The van der Waals surface area contributed by atoms with Gasteiger partial charge in [-0.25, -0.2) is 4.98 Å². The van der Waals surface area contributed by atoms with E-state index in [0.29, 0.717) is 11.5 Å². The van der Waals surface area contributed by atoms with E-state index in [0.717, 1.165) is 11.3 Å². The third-order valence-corrected chi connectivity index (χ3v) is 3.05. The predicted octanol–water partition coefficient (Wildman–Crippen LogP) is 2.87. The molecule has 0 amide bonds. The Morgan fingerprint density at radius 3 is 3.08 bits per heavy atom. The van der Waals surface area contributed by atoms with Gasteiger partial charge in [-0.05, 0) is 24.0 Å². The fourth-order valence-electron chi connectivity index (χ4n) is 1.36. The van der Waals surface area contributed by atoms with Crippen molar-refractivity contribution >= 4 is 11.8 Å². The highest BCUT2D eigenvalue weighted by molar-refractivity contribution is 8.02. The van der Waals surface area contributed by atoms with Gasteiger partial charge in [-0.1, -0.05) is 6.08 Å². The van der Waals surface area contributed by atoms with Crippen molar-refractivity contribution in [3.05, 3.63) is 40.8 Å². The summed E-state index contributed by atoms with van der Waals surface area (Å²) in [4.78, 5) is 3.71. The fraction of sp³-hybridized carbons (Fsp3) is 0.300. The monoisotopic (exact) mass is 195 g/mol. The molecule has 1 nitrogen and oxygen atoms in total. The van der Waals surface area contributed by atoms with Crippen molar-refractivity contribution < 1.29 is 4.39 Å². The highest BCUT2D eigenvalue weighted by Gasteiger charge is 2.13. The number of hydrogen-bond donors (Lipinski definition) is 0. The molecule has 1 aliphatic heterocycles. The molecule has 0 aliphatic carbocycles. The maximum absolute atomic E-state index is 12.9. The van der Waals surface area contributed by atoms with Crippen molar-refractivity contribution in [1.82, 2.24) is 4.98 Å². The molecule has 2 rings (SSSR count). The van der Waals surface area contributed by atoms with Crippen molar-refractivity contribution in [2.45, 2.75) is 12.8 Å². The molecular formula is C10H10FNS. The van der Waals surface area contributed by atoms with Crippen LogP contribution >= 0.6 is 11.8 Å². The Bertz CT molecular complexity index is 349. The molecule has 3 heteroatoms. The van der Waals surface area contributed by atoms with Gasteiger partial charge in [0.15, 0.2) is 0 Å². The lowest BCUT2D eigenvalue weighted by Gasteiger charge is -2.07. The SMILES string of the molecule is Cc1cc(C2C=CSC2)cnc1F. The van der Waals surface area contributed by atoms with Gasteiger partial charge in [-0.2, -0.15) is 4.39 Å². The van der Waals surface area contributed by atoms with Crippen LogP contribution in [-0.2, 0) is 0 Å². The Balaban J connectivity index is 2.30. The molecule has 0 saturated carbocycles. The van der Waals surface area contributed by atoms with Gasteiger partial charge in [0, 0.05) is 23.4 Å². The number of aryl methyl sites for hydroxylation is 1. The summed E-state index contributed by atoms with van der Waals surface area (Å²) >= 11 is 1.78. The zero-order valence-electron chi connectivity index (χ0n) is 7.33. The summed E-state index contributed by atoms with van der Waals surface area (Å²) in [6, 6.07) is 1.88. The molecule has 13 heavy (non-hydrogen) atoms. The molecule has 1 aromatic heterocycles. The van der Waals surface area contributed by atoms with Crippen LogP contribution in [0.5, 0.6) is 0 Å². The van der Waals surface area contributed by atoms with Crippen molar-refractivity contribution in [1.29, 1.82) is 0 Å². The van der Waals surface area contributed by atoms with Crippen LogP contribution in [0.1, 0.15) is 17.0 Å². The number of pyridine rings is 1. The van der Waals surface area contributed by atoms with Crippen molar-refractivity contribution in [3.8, 4) is 0 Å². The molecule has 1 atom stereocenters. The summed E-state index contributed by atoms with van der Waals surface area (Å²) < 4.78 is 12.9. The molecule has 0 radical (unpaired) electrons. The number of rotatable bonds is 1. The summed E-state index contributed by atoms with van der Waals surface area (Å²) in [6.07, 6.45) is 3.77. The van der Waals surface area contributed by atoms with Crippen LogP contribution in [0.3, 0.4) is 0 Å². The highest BCUT2D eigenvalue weighted by Crippen LogP contribution is 2.29. The molecule has 0 spiro atoms. The maximum atomic E-state index is 12.9.